The largest absolute Gasteiger partial charge is 0.469 e. The van der Waals surface area contributed by atoms with Gasteiger partial charge in [-0.1, -0.05) is 20.3 Å². The molecule has 0 amide bonds. The number of hydrogen-bond acceptors (Lipinski definition) is 3. The average molecular weight is 228 g/mol. The number of aliphatic hydroxyl groups is 1. The van der Waals surface area contributed by atoms with Crippen LogP contribution in [-0.2, 0) is 9.53 Å². The predicted molar refractivity (Wildman–Crippen MR) is 63.0 cm³/mol. The van der Waals surface area contributed by atoms with Crippen molar-refractivity contribution in [2.24, 2.45) is 10.8 Å². The van der Waals surface area contributed by atoms with E-state index in [1.54, 1.807) is 13.8 Å². The number of carbonyl (C=O) groups excluding carboxylic acids is 1. The van der Waals surface area contributed by atoms with Crippen molar-refractivity contribution in [1.82, 2.24) is 0 Å². The number of methoxy groups -OCH3 is 1. The van der Waals surface area contributed by atoms with Crippen LogP contribution in [0.5, 0.6) is 0 Å². The van der Waals surface area contributed by atoms with Gasteiger partial charge in [0.25, 0.3) is 0 Å². The molecule has 16 heavy (non-hydrogen) atoms. The molecule has 94 valence electrons. The Balaban J connectivity index is 2.96. The van der Waals surface area contributed by atoms with Crippen LogP contribution < -0.4 is 0 Å². The van der Waals surface area contributed by atoms with Gasteiger partial charge in [0, 0.05) is 0 Å². The van der Waals surface area contributed by atoms with Gasteiger partial charge in [-0.2, -0.15) is 0 Å². The summed E-state index contributed by atoms with van der Waals surface area (Å²) < 4.78 is 4.80. The summed E-state index contributed by atoms with van der Waals surface area (Å²) in [5, 5.41) is 10.7. The van der Waals surface area contributed by atoms with Gasteiger partial charge in [0.1, 0.15) is 0 Å². The van der Waals surface area contributed by atoms with Gasteiger partial charge in [0.15, 0.2) is 0 Å². The van der Waals surface area contributed by atoms with Crippen LogP contribution in [0.2, 0.25) is 0 Å². The van der Waals surface area contributed by atoms with E-state index in [0.717, 1.165) is 12.8 Å². The summed E-state index contributed by atoms with van der Waals surface area (Å²) in [5.41, 5.74) is -1.68. The Morgan fingerprint density at radius 3 is 2.31 bits per heavy atom. The molecule has 1 rings (SSSR count). The summed E-state index contributed by atoms with van der Waals surface area (Å²) in [5.74, 6) is -0.326. The van der Waals surface area contributed by atoms with E-state index in [0.29, 0.717) is 12.8 Å². The average Bonchev–Trinajstić information content (AvgIpc) is 2.14. The van der Waals surface area contributed by atoms with Crippen molar-refractivity contribution in [2.45, 2.75) is 59.0 Å². The van der Waals surface area contributed by atoms with Gasteiger partial charge in [0.05, 0.1) is 18.1 Å². The van der Waals surface area contributed by atoms with Crippen LogP contribution in [0.15, 0.2) is 0 Å². The molecule has 0 saturated heterocycles. The van der Waals surface area contributed by atoms with Crippen LogP contribution in [0.1, 0.15) is 53.4 Å². The van der Waals surface area contributed by atoms with E-state index in [-0.39, 0.29) is 11.4 Å². The highest BCUT2D eigenvalue weighted by Crippen LogP contribution is 2.49. The number of hydrogen-bond donors (Lipinski definition) is 1. The van der Waals surface area contributed by atoms with E-state index in [4.69, 9.17) is 4.74 Å². The third-order valence-corrected chi connectivity index (χ3v) is 4.07. The van der Waals surface area contributed by atoms with E-state index in [2.05, 4.69) is 13.8 Å². The van der Waals surface area contributed by atoms with Crippen molar-refractivity contribution >= 4 is 5.97 Å². The highest BCUT2D eigenvalue weighted by molar-refractivity contribution is 5.77. The van der Waals surface area contributed by atoms with Crippen LogP contribution in [0.4, 0.5) is 0 Å². The van der Waals surface area contributed by atoms with Crippen molar-refractivity contribution < 1.29 is 14.6 Å². The molecular weight excluding hydrogens is 204 g/mol. The molecular formula is C13H24O3. The lowest BCUT2D eigenvalue weighted by Gasteiger charge is -2.48. The molecule has 0 heterocycles. The molecule has 1 saturated carbocycles. The highest BCUT2D eigenvalue weighted by atomic mass is 16.5. The fourth-order valence-electron chi connectivity index (χ4n) is 2.81. The third-order valence-electron chi connectivity index (χ3n) is 4.07. The normalized spacial score (nSPS) is 29.9. The molecule has 0 spiro atoms. The van der Waals surface area contributed by atoms with E-state index >= 15 is 0 Å². The maximum absolute atomic E-state index is 11.8. The molecule has 1 aliphatic rings. The lowest BCUT2D eigenvalue weighted by atomic mass is 9.60. The Morgan fingerprint density at radius 2 is 1.88 bits per heavy atom. The second-order valence-electron chi connectivity index (χ2n) is 6.34. The minimum atomic E-state index is -0.943. The molecule has 1 atom stereocenters. The minimum absolute atomic E-state index is 0.0955. The number of esters is 1. The zero-order chi connectivity index (χ0) is 12.6. The van der Waals surface area contributed by atoms with Crippen molar-refractivity contribution in [3.63, 3.8) is 0 Å². The first-order chi connectivity index (χ1) is 7.15. The predicted octanol–water partition coefficient (Wildman–Crippen LogP) is 2.52. The van der Waals surface area contributed by atoms with Gasteiger partial charge in [-0.05, 0) is 38.5 Å². The first kappa shape index (κ1) is 13.5. The van der Waals surface area contributed by atoms with Crippen LogP contribution in [0.3, 0.4) is 0 Å². The van der Waals surface area contributed by atoms with Crippen LogP contribution in [0.25, 0.3) is 0 Å². The molecule has 1 unspecified atom stereocenters. The van der Waals surface area contributed by atoms with Crippen molar-refractivity contribution in [1.29, 1.82) is 0 Å². The molecule has 0 aromatic rings. The zero-order valence-electron chi connectivity index (χ0n) is 11.1. The topological polar surface area (TPSA) is 46.5 Å². The minimum Gasteiger partial charge on any atom is -0.469 e. The first-order valence-electron chi connectivity index (χ1n) is 5.95. The summed E-state index contributed by atoms with van der Waals surface area (Å²) >= 11 is 0. The van der Waals surface area contributed by atoms with E-state index < -0.39 is 11.0 Å². The molecule has 1 fully saturated rings. The second-order valence-corrected chi connectivity index (χ2v) is 6.34. The zero-order valence-corrected chi connectivity index (χ0v) is 11.1. The van der Waals surface area contributed by atoms with Crippen molar-refractivity contribution in [3.8, 4) is 0 Å². The van der Waals surface area contributed by atoms with E-state index in [1.165, 1.54) is 7.11 Å². The van der Waals surface area contributed by atoms with Crippen LogP contribution in [-0.4, -0.2) is 23.8 Å². The lowest BCUT2D eigenvalue weighted by Crippen LogP contribution is -2.54. The fourth-order valence-corrected chi connectivity index (χ4v) is 2.81. The monoisotopic (exact) mass is 228 g/mol. The SMILES string of the molecule is COC(=O)C(C)(C)C1(O)CCCC(C)(C)C1. The Labute approximate surface area is 98.2 Å². The Morgan fingerprint density at radius 1 is 1.31 bits per heavy atom. The van der Waals surface area contributed by atoms with Gasteiger partial charge in [0.2, 0.25) is 0 Å². The molecule has 1 N–H and O–H groups in total. The Hall–Kier alpha value is -0.570. The molecule has 3 nitrogen and oxygen atoms in total. The first-order valence-corrected chi connectivity index (χ1v) is 5.95. The summed E-state index contributed by atoms with van der Waals surface area (Å²) in [6.07, 6.45) is 3.40. The summed E-state index contributed by atoms with van der Waals surface area (Å²) in [6, 6.07) is 0. The third kappa shape index (κ3) is 2.24. The summed E-state index contributed by atoms with van der Waals surface area (Å²) in [7, 11) is 1.38. The smallest absolute Gasteiger partial charge is 0.314 e. The quantitative estimate of drug-likeness (QED) is 0.739. The Bertz CT molecular complexity index is 281. The van der Waals surface area contributed by atoms with Gasteiger partial charge in [-0.3, -0.25) is 4.79 Å². The van der Waals surface area contributed by atoms with E-state index in [1.807, 2.05) is 0 Å². The van der Waals surface area contributed by atoms with Gasteiger partial charge >= 0.3 is 5.97 Å². The van der Waals surface area contributed by atoms with Crippen LogP contribution in [0, 0.1) is 10.8 Å². The number of rotatable bonds is 2. The molecule has 3 heteroatoms. The summed E-state index contributed by atoms with van der Waals surface area (Å²) in [6.45, 7) is 7.84. The van der Waals surface area contributed by atoms with Crippen molar-refractivity contribution in [3.05, 3.63) is 0 Å². The van der Waals surface area contributed by atoms with Gasteiger partial charge < -0.3 is 9.84 Å². The number of carbonyl (C=O) groups is 1. The molecule has 1 aliphatic carbocycles. The maximum Gasteiger partial charge on any atom is 0.314 e. The fraction of sp³-hybridized carbons (Fsp3) is 0.923. The number of ether oxygens (including phenoxy) is 1. The second kappa shape index (κ2) is 4.02. The van der Waals surface area contributed by atoms with Gasteiger partial charge in [-0.15, -0.1) is 0 Å². The van der Waals surface area contributed by atoms with Gasteiger partial charge in [-0.25, -0.2) is 0 Å². The molecule has 0 aromatic carbocycles. The molecule has 0 radical (unpaired) electrons. The van der Waals surface area contributed by atoms with Crippen molar-refractivity contribution in [2.75, 3.05) is 7.11 Å². The lowest BCUT2D eigenvalue weighted by molar-refractivity contribution is -0.178. The van der Waals surface area contributed by atoms with E-state index in [9.17, 15) is 9.90 Å². The molecule has 0 aromatic heterocycles. The van der Waals surface area contributed by atoms with Crippen LogP contribution >= 0.6 is 0 Å². The standard InChI is InChI=1S/C13H24O3/c1-11(2)7-6-8-13(15,9-11)12(3,4)10(14)16-5/h15H,6-9H2,1-5H3. The maximum atomic E-state index is 11.8. The Kier molecular flexibility index (Phi) is 3.39. The molecule has 0 aliphatic heterocycles. The summed E-state index contributed by atoms with van der Waals surface area (Å²) in [4.78, 5) is 11.8. The highest BCUT2D eigenvalue weighted by Gasteiger charge is 2.53. The molecule has 0 bridgehead atoms.